The minimum Gasteiger partial charge on any atom is -0.515 e. The van der Waals surface area contributed by atoms with Gasteiger partial charge in [0.2, 0.25) is 0 Å². The molecular formula is C6H5NO2S. The van der Waals surface area contributed by atoms with Gasteiger partial charge in [-0.25, -0.2) is 0 Å². The fourth-order valence-corrected chi connectivity index (χ4v) is 1.03. The van der Waals surface area contributed by atoms with Crippen LogP contribution in [-0.2, 0) is 0 Å². The molecule has 0 aromatic carbocycles. The summed E-state index contributed by atoms with van der Waals surface area (Å²) in [5, 5.41) is 8.22. The number of aliphatic hydroxyl groups excluding tert-OH is 1. The molecular weight excluding hydrogens is 150 g/mol. The fourth-order valence-electron chi connectivity index (χ4n) is 0.487. The molecule has 0 bridgehead atoms. The Morgan fingerprint density at radius 3 is 3.10 bits per heavy atom. The van der Waals surface area contributed by atoms with Crippen molar-refractivity contribution in [3.63, 3.8) is 0 Å². The van der Waals surface area contributed by atoms with Crippen LogP contribution in [0.25, 0.3) is 0 Å². The minimum atomic E-state index is -0.218. The topological polar surface area (TPSA) is 50.2 Å². The lowest BCUT2D eigenvalue weighted by molar-refractivity contribution is 0.104. The van der Waals surface area contributed by atoms with Crippen LogP contribution in [0.5, 0.6) is 0 Å². The molecule has 0 atom stereocenters. The molecule has 1 rings (SSSR count). The van der Waals surface area contributed by atoms with E-state index in [2.05, 4.69) is 4.98 Å². The van der Waals surface area contributed by atoms with Crippen LogP contribution in [0.3, 0.4) is 0 Å². The summed E-state index contributed by atoms with van der Waals surface area (Å²) in [5.41, 5.74) is 1.57. The standard InChI is InChI=1S/C6H5NO2S/c8-2-1-5(9)6-3-7-4-10-6/h1-4,8H/b2-1+. The zero-order chi connectivity index (χ0) is 7.40. The van der Waals surface area contributed by atoms with E-state index in [0.29, 0.717) is 4.88 Å². The maximum absolute atomic E-state index is 10.8. The van der Waals surface area contributed by atoms with Crippen LogP contribution >= 0.6 is 11.3 Å². The average molecular weight is 155 g/mol. The number of carbonyl (C=O) groups is 1. The van der Waals surface area contributed by atoms with Gasteiger partial charge >= 0.3 is 0 Å². The van der Waals surface area contributed by atoms with Crippen molar-refractivity contribution in [2.75, 3.05) is 0 Å². The molecule has 0 saturated carbocycles. The number of nitrogens with zero attached hydrogens (tertiary/aromatic N) is 1. The van der Waals surface area contributed by atoms with Crippen LogP contribution < -0.4 is 0 Å². The van der Waals surface area contributed by atoms with Crippen LogP contribution in [0, 0.1) is 0 Å². The highest BCUT2D eigenvalue weighted by Gasteiger charge is 2.01. The summed E-state index contributed by atoms with van der Waals surface area (Å²) in [4.78, 5) is 15.1. The number of thiazole rings is 1. The van der Waals surface area contributed by atoms with Gasteiger partial charge < -0.3 is 5.11 Å². The van der Waals surface area contributed by atoms with E-state index in [0.717, 1.165) is 12.3 Å². The third-order valence-corrected chi connectivity index (χ3v) is 1.69. The predicted octanol–water partition coefficient (Wildman–Crippen LogP) is 1.40. The van der Waals surface area contributed by atoms with Crippen LogP contribution in [0.1, 0.15) is 9.67 Å². The molecule has 1 aromatic heterocycles. The maximum atomic E-state index is 10.8. The third-order valence-electron chi connectivity index (χ3n) is 0.901. The Morgan fingerprint density at radius 2 is 2.60 bits per heavy atom. The molecule has 10 heavy (non-hydrogen) atoms. The van der Waals surface area contributed by atoms with Crippen LogP contribution in [0.4, 0.5) is 0 Å². The Balaban J connectivity index is 2.78. The van der Waals surface area contributed by atoms with E-state index in [1.807, 2.05) is 0 Å². The third kappa shape index (κ3) is 1.41. The molecule has 0 fully saturated rings. The Kier molecular flexibility index (Phi) is 2.17. The monoisotopic (exact) mass is 155 g/mol. The molecule has 0 unspecified atom stereocenters. The van der Waals surface area contributed by atoms with Gasteiger partial charge in [-0.15, -0.1) is 11.3 Å². The van der Waals surface area contributed by atoms with E-state index in [-0.39, 0.29) is 5.78 Å². The van der Waals surface area contributed by atoms with Gasteiger partial charge in [0.05, 0.1) is 16.6 Å². The second-order valence-electron chi connectivity index (χ2n) is 1.55. The smallest absolute Gasteiger partial charge is 0.200 e. The quantitative estimate of drug-likeness (QED) is 0.399. The average Bonchev–Trinajstić information content (AvgIpc) is 2.38. The van der Waals surface area contributed by atoms with Crippen molar-refractivity contribution in [1.29, 1.82) is 0 Å². The highest BCUT2D eigenvalue weighted by Crippen LogP contribution is 2.06. The summed E-state index contributed by atoms with van der Waals surface area (Å²) in [6.07, 6.45) is 3.28. The number of ketones is 1. The van der Waals surface area contributed by atoms with Crippen molar-refractivity contribution in [3.05, 3.63) is 28.9 Å². The van der Waals surface area contributed by atoms with Crippen molar-refractivity contribution >= 4 is 17.1 Å². The van der Waals surface area contributed by atoms with E-state index in [1.54, 1.807) is 5.51 Å². The number of aliphatic hydroxyl groups is 1. The largest absolute Gasteiger partial charge is 0.515 e. The Hall–Kier alpha value is -1.16. The van der Waals surface area contributed by atoms with Gasteiger partial charge in [-0.1, -0.05) is 0 Å². The lowest BCUT2D eigenvalue weighted by Gasteiger charge is -1.81. The lowest BCUT2D eigenvalue weighted by atomic mass is 10.3. The first-order valence-corrected chi connectivity index (χ1v) is 3.46. The van der Waals surface area contributed by atoms with Crippen molar-refractivity contribution in [3.8, 4) is 0 Å². The van der Waals surface area contributed by atoms with Crippen LogP contribution in [0.15, 0.2) is 24.0 Å². The van der Waals surface area contributed by atoms with E-state index in [4.69, 9.17) is 5.11 Å². The number of carbonyl (C=O) groups excluding carboxylic acids is 1. The van der Waals surface area contributed by atoms with Gasteiger partial charge in [-0.3, -0.25) is 9.78 Å². The van der Waals surface area contributed by atoms with Gasteiger partial charge in [-0.2, -0.15) is 0 Å². The van der Waals surface area contributed by atoms with Crippen molar-refractivity contribution < 1.29 is 9.90 Å². The highest BCUT2D eigenvalue weighted by molar-refractivity contribution is 7.11. The molecule has 1 N–H and O–H groups in total. The second kappa shape index (κ2) is 3.12. The molecule has 1 aromatic rings. The second-order valence-corrected chi connectivity index (χ2v) is 2.43. The van der Waals surface area contributed by atoms with E-state index in [1.165, 1.54) is 17.5 Å². The van der Waals surface area contributed by atoms with E-state index >= 15 is 0 Å². The summed E-state index contributed by atoms with van der Waals surface area (Å²) in [6, 6.07) is 0. The van der Waals surface area contributed by atoms with Gasteiger partial charge in [0.25, 0.3) is 0 Å². The molecule has 0 spiro atoms. The maximum Gasteiger partial charge on any atom is 0.200 e. The van der Waals surface area contributed by atoms with Crippen molar-refractivity contribution in [1.82, 2.24) is 4.98 Å². The van der Waals surface area contributed by atoms with Gasteiger partial charge in [0, 0.05) is 12.3 Å². The van der Waals surface area contributed by atoms with Crippen LogP contribution in [0.2, 0.25) is 0 Å². The Morgan fingerprint density at radius 1 is 1.80 bits per heavy atom. The first-order valence-electron chi connectivity index (χ1n) is 2.58. The first-order chi connectivity index (χ1) is 4.84. The fraction of sp³-hybridized carbons (Fsp3) is 0. The number of rotatable bonds is 2. The molecule has 0 aliphatic carbocycles. The summed E-state index contributed by atoms with van der Waals surface area (Å²) >= 11 is 1.25. The molecule has 4 heteroatoms. The molecule has 0 radical (unpaired) electrons. The minimum absolute atomic E-state index is 0.218. The summed E-state index contributed by atoms with van der Waals surface area (Å²) in [6.45, 7) is 0. The molecule has 3 nitrogen and oxygen atoms in total. The number of aromatic nitrogens is 1. The zero-order valence-corrected chi connectivity index (χ0v) is 5.84. The molecule has 52 valence electrons. The number of hydrogen-bond acceptors (Lipinski definition) is 4. The van der Waals surface area contributed by atoms with Crippen molar-refractivity contribution in [2.24, 2.45) is 0 Å². The van der Waals surface area contributed by atoms with Gasteiger partial charge in [-0.05, 0) is 0 Å². The molecule has 1 heterocycles. The number of allylic oxidation sites excluding steroid dienone is 1. The summed E-state index contributed by atoms with van der Waals surface area (Å²) < 4.78 is 0. The molecule has 0 saturated heterocycles. The lowest BCUT2D eigenvalue weighted by Crippen LogP contribution is -1.88. The first kappa shape index (κ1) is 6.95. The van der Waals surface area contributed by atoms with E-state index < -0.39 is 0 Å². The summed E-state index contributed by atoms with van der Waals surface area (Å²) in [5.74, 6) is -0.218. The number of hydrogen-bond donors (Lipinski definition) is 1. The molecule has 0 aliphatic heterocycles. The normalized spacial score (nSPS) is 10.4. The van der Waals surface area contributed by atoms with Crippen LogP contribution in [-0.4, -0.2) is 15.9 Å². The van der Waals surface area contributed by atoms with Crippen molar-refractivity contribution in [2.45, 2.75) is 0 Å². The zero-order valence-electron chi connectivity index (χ0n) is 5.02. The molecule has 0 aliphatic rings. The SMILES string of the molecule is O=C(/C=C/O)c1cncs1. The van der Waals surface area contributed by atoms with Gasteiger partial charge in [0.1, 0.15) is 0 Å². The Bertz CT molecular complexity index is 240. The summed E-state index contributed by atoms with van der Waals surface area (Å²) in [7, 11) is 0. The Labute approximate surface area is 61.7 Å². The van der Waals surface area contributed by atoms with E-state index in [9.17, 15) is 4.79 Å². The molecule has 0 amide bonds. The predicted molar refractivity (Wildman–Crippen MR) is 38.2 cm³/mol. The highest BCUT2D eigenvalue weighted by atomic mass is 32.1. The van der Waals surface area contributed by atoms with Gasteiger partial charge in [0.15, 0.2) is 5.78 Å².